The molecule has 0 saturated heterocycles. The molecule has 1 aliphatic rings. The molecule has 0 unspecified atom stereocenters. The fraction of sp³-hybridized carbons (Fsp3) is 0.227. The highest BCUT2D eigenvalue weighted by atomic mass is 19.1. The van der Waals surface area contributed by atoms with Crippen LogP contribution in [0.3, 0.4) is 0 Å². The molecule has 4 rings (SSSR count). The van der Waals surface area contributed by atoms with Crippen LogP contribution in [0.2, 0.25) is 0 Å². The van der Waals surface area contributed by atoms with Crippen LogP contribution in [0.4, 0.5) is 30.5 Å². The van der Waals surface area contributed by atoms with Crippen LogP contribution < -0.4 is 15.0 Å². The number of hydrogen-bond acceptors (Lipinski definition) is 6. The topological polar surface area (TPSA) is 74.1 Å². The zero-order valence-electron chi connectivity index (χ0n) is 16.8. The third-order valence-corrected chi connectivity index (χ3v) is 4.90. The van der Waals surface area contributed by atoms with E-state index in [-0.39, 0.29) is 40.2 Å². The minimum atomic E-state index is -0.733. The molecule has 0 radical (unpaired) electrons. The van der Waals surface area contributed by atoms with E-state index >= 15 is 0 Å². The molecule has 0 bridgehead atoms. The minimum absolute atomic E-state index is 0.00407. The van der Waals surface area contributed by atoms with Crippen LogP contribution in [-0.4, -0.2) is 29.2 Å². The Balaban J connectivity index is 1.72. The van der Waals surface area contributed by atoms with Gasteiger partial charge in [0, 0.05) is 17.3 Å². The number of nitrogens with one attached hydrogen (secondary N) is 1. The molecule has 2 heterocycles. The summed E-state index contributed by atoms with van der Waals surface area (Å²) in [5.41, 5.74) is 0.819. The fourth-order valence-electron chi connectivity index (χ4n) is 3.42. The van der Waals surface area contributed by atoms with Crippen LogP contribution in [0, 0.1) is 28.8 Å². The number of nitrogens with zero attached hydrogens (tertiary/aromatic N) is 4. The maximum absolute atomic E-state index is 14.7. The second-order valence-corrected chi connectivity index (χ2v) is 7.26. The summed E-state index contributed by atoms with van der Waals surface area (Å²) in [6.45, 7) is 4.89. The van der Waals surface area contributed by atoms with E-state index in [4.69, 9.17) is 10.00 Å². The van der Waals surface area contributed by atoms with Crippen molar-refractivity contribution in [1.29, 1.82) is 5.26 Å². The fourth-order valence-corrected chi connectivity index (χ4v) is 3.42. The number of aromatic nitrogens is 2. The molecule has 9 heteroatoms. The Kier molecular flexibility index (Phi) is 5.38. The zero-order valence-corrected chi connectivity index (χ0v) is 16.8. The van der Waals surface area contributed by atoms with Crippen LogP contribution in [0.1, 0.15) is 19.4 Å². The Hall–Kier alpha value is -3.80. The van der Waals surface area contributed by atoms with E-state index < -0.39 is 17.5 Å². The Bertz CT molecular complexity index is 1190. The van der Waals surface area contributed by atoms with E-state index in [1.807, 2.05) is 18.7 Å². The molecule has 0 atom stereocenters. The van der Waals surface area contributed by atoms with Gasteiger partial charge in [-0.15, -0.1) is 0 Å². The summed E-state index contributed by atoms with van der Waals surface area (Å²) in [4.78, 5) is 10.0. The number of anilines is 3. The first-order valence-corrected chi connectivity index (χ1v) is 9.60. The number of halogens is 3. The van der Waals surface area contributed by atoms with Crippen LogP contribution in [0.25, 0.3) is 11.3 Å². The molecular formula is C22H18F3N5O. The number of hydrogen-bond donors (Lipinski definition) is 1. The number of ether oxygens (including phenoxy) is 1. The third kappa shape index (κ3) is 3.97. The molecule has 0 saturated carbocycles. The average Bonchev–Trinajstić information content (AvgIpc) is 2.74. The SMILES string of the molecule is CC(C)N1CCOc2c(F)cc(-c3nc(Nc4ccc(C#N)c(F)c4)ncc3F)cc21. The van der Waals surface area contributed by atoms with Crippen LogP contribution >= 0.6 is 0 Å². The van der Waals surface area contributed by atoms with Crippen molar-refractivity contribution in [1.82, 2.24) is 9.97 Å². The molecule has 2 aromatic carbocycles. The highest BCUT2D eigenvalue weighted by Crippen LogP contribution is 2.39. The van der Waals surface area contributed by atoms with Crippen LogP contribution in [0.15, 0.2) is 36.5 Å². The van der Waals surface area contributed by atoms with E-state index in [1.165, 1.54) is 18.2 Å². The van der Waals surface area contributed by atoms with E-state index in [9.17, 15) is 13.2 Å². The van der Waals surface area contributed by atoms with E-state index in [0.717, 1.165) is 12.3 Å². The predicted octanol–water partition coefficient (Wildman–Crippen LogP) is 4.78. The van der Waals surface area contributed by atoms with E-state index in [1.54, 1.807) is 12.1 Å². The molecule has 31 heavy (non-hydrogen) atoms. The van der Waals surface area contributed by atoms with Crippen molar-refractivity contribution >= 4 is 17.3 Å². The van der Waals surface area contributed by atoms with Gasteiger partial charge in [-0.05, 0) is 44.2 Å². The van der Waals surface area contributed by atoms with Gasteiger partial charge in [0.2, 0.25) is 5.95 Å². The van der Waals surface area contributed by atoms with Gasteiger partial charge in [0.1, 0.15) is 24.2 Å². The molecule has 6 nitrogen and oxygen atoms in total. The molecule has 1 aromatic heterocycles. The molecule has 1 N–H and O–H groups in total. The molecule has 0 fully saturated rings. The summed E-state index contributed by atoms with van der Waals surface area (Å²) in [6, 6.07) is 8.52. The zero-order chi connectivity index (χ0) is 22.1. The normalized spacial score (nSPS) is 12.9. The first kappa shape index (κ1) is 20.5. The largest absolute Gasteiger partial charge is 0.486 e. The third-order valence-electron chi connectivity index (χ3n) is 4.90. The Labute approximate surface area is 176 Å². The summed E-state index contributed by atoms with van der Waals surface area (Å²) in [5, 5.41) is 11.6. The lowest BCUT2D eigenvalue weighted by molar-refractivity contribution is 0.287. The Morgan fingerprint density at radius 1 is 1.13 bits per heavy atom. The van der Waals surface area contributed by atoms with Gasteiger partial charge in [-0.25, -0.2) is 23.1 Å². The summed E-state index contributed by atoms with van der Waals surface area (Å²) in [6.07, 6.45) is 0.957. The smallest absolute Gasteiger partial charge is 0.227 e. The predicted molar refractivity (Wildman–Crippen MR) is 110 cm³/mol. The highest BCUT2D eigenvalue weighted by molar-refractivity contribution is 5.73. The van der Waals surface area contributed by atoms with Gasteiger partial charge in [-0.3, -0.25) is 0 Å². The standard InChI is InChI=1S/C22H18F3N5O/c1-12(2)30-5-6-31-21-17(24)7-14(8-19(21)30)20-18(25)11-27-22(29-20)28-15-4-3-13(10-26)16(23)9-15/h3-4,7-9,11-12H,5-6H2,1-2H3,(H,27,28,29). The van der Waals surface area contributed by atoms with Gasteiger partial charge in [-0.1, -0.05) is 0 Å². The molecule has 158 valence electrons. The van der Waals surface area contributed by atoms with Crippen LogP contribution in [-0.2, 0) is 0 Å². The van der Waals surface area contributed by atoms with Crippen molar-refractivity contribution in [3.63, 3.8) is 0 Å². The second kappa shape index (κ2) is 8.14. The minimum Gasteiger partial charge on any atom is -0.486 e. The maximum atomic E-state index is 14.7. The lowest BCUT2D eigenvalue weighted by Crippen LogP contribution is -2.38. The summed E-state index contributed by atoms with van der Waals surface area (Å²) >= 11 is 0. The monoisotopic (exact) mass is 425 g/mol. The maximum Gasteiger partial charge on any atom is 0.227 e. The van der Waals surface area contributed by atoms with E-state index in [2.05, 4.69) is 15.3 Å². The van der Waals surface area contributed by atoms with Crippen molar-refractivity contribution in [2.75, 3.05) is 23.4 Å². The van der Waals surface area contributed by atoms with Crippen molar-refractivity contribution in [2.24, 2.45) is 0 Å². The Morgan fingerprint density at radius 2 is 1.94 bits per heavy atom. The number of fused-ring (bicyclic) bond motifs is 1. The van der Waals surface area contributed by atoms with Crippen molar-refractivity contribution in [3.8, 4) is 23.1 Å². The van der Waals surface area contributed by atoms with Crippen LogP contribution in [0.5, 0.6) is 5.75 Å². The molecule has 3 aromatic rings. The second-order valence-electron chi connectivity index (χ2n) is 7.26. The van der Waals surface area contributed by atoms with Gasteiger partial charge in [0.25, 0.3) is 0 Å². The summed E-state index contributed by atoms with van der Waals surface area (Å²) < 4.78 is 48.6. The van der Waals surface area contributed by atoms with Gasteiger partial charge < -0.3 is 15.0 Å². The van der Waals surface area contributed by atoms with E-state index in [0.29, 0.717) is 18.8 Å². The van der Waals surface area contributed by atoms with Crippen molar-refractivity contribution < 1.29 is 17.9 Å². The number of nitriles is 1. The molecule has 0 spiro atoms. The van der Waals surface area contributed by atoms with Gasteiger partial charge >= 0.3 is 0 Å². The first-order valence-electron chi connectivity index (χ1n) is 9.60. The lowest BCUT2D eigenvalue weighted by Gasteiger charge is -2.34. The van der Waals surface area contributed by atoms with Crippen molar-refractivity contribution in [3.05, 3.63) is 59.5 Å². The van der Waals surface area contributed by atoms with Gasteiger partial charge in [-0.2, -0.15) is 5.26 Å². The van der Waals surface area contributed by atoms with Crippen molar-refractivity contribution in [2.45, 2.75) is 19.9 Å². The lowest BCUT2D eigenvalue weighted by atomic mass is 10.1. The quantitative estimate of drug-likeness (QED) is 0.648. The average molecular weight is 425 g/mol. The number of benzene rings is 2. The Morgan fingerprint density at radius 3 is 2.65 bits per heavy atom. The molecule has 1 aliphatic heterocycles. The molecular weight excluding hydrogens is 407 g/mol. The first-order chi connectivity index (χ1) is 14.9. The van der Waals surface area contributed by atoms with Gasteiger partial charge in [0.15, 0.2) is 17.4 Å². The highest BCUT2D eigenvalue weighted by Gasteiger charge is 2.25. The van der Waals surface area contributed by atoms with Gasteiger partial charge in [0.05, 0.1) is 24.0 Å². The number of rotatable bonds is 4. The molecule has 0 aliphatic carbocycles. The summed E-state index contributed by atoms with van der Waals surface area (Å²) in [7, 11) is 0. The molecule has 0 amide bonds. The summed E-state index contributed by atoms with van der Waals surface area (Å²) in [5.74, 6) is -1.93.